The second kappa shape index (κ2) is 10.8. The molecule has 2 aliphatic rings. The summed E-state index contributed by atoms with van der Waals surface area (Å²) in [5.74, 6) is -1.86. The van der Waals surface area contributed by atoms with E-state index in [0.717, 1.165) is 42.4 Å². The van der Waals surface area contributed by atoms with Crippen molar-refractivity contribution in [3.05, 3.63) is 76.0 Å². The molecule has 2 aromatic carbocycles. The van der Waals surface area contributed by atoms with Crippen LogP contribution in [0.25, 0.3) is 16.8 Å². The van der Waals surface area contributed by atoms with Gasteiger partial charge in [-0.05, 0) is 63.6 Å². The van der Waals surface area contributed by atoms with E-state index in [1.165, 1.54) is 12.1 Å². The van der Waals surface area contributed by atoms with Crippen molar-refractivity contribution in [2.45, 2.75) is 44.9 Å². The zero-order valence-electron chi connectivity index (χ0n) is 23.2. The van der Waals surface area contributed by atoms with Crippen molar-refractivity contribution in [2.24, 2.45) is 5.73 Å². The van der Waals surface area contributed by atoms with Crippen molar-refractivity contribution in [3.63, 3.8) is 0 Å². The van der Waals surface area contributed by atoms with E-state index in [4.69, 9.17) is 5.73 Å². The summed E-state index contributed by atoms with van der Waals surface area (Å²) in [6, 6.07) is 10.7. The number of amides is 1. The smallest absolute Gasteiger partial charge is 0.372 e. The Kier molecular flexibility index (Phi) is 7.58. The lowest BCUT2D eigenvalue weighted by Gasteiger charge is -2.44. The lowest BCUT2D eigenvalue weighted by Crippen LogP contribution is -2.55. The number of pyridine rings is 1. The predicted octanol–water partition coefficient (Wildman–Crippen LogP) is 4.89. The van der Waals surface area contributed by atoms with Crippen LogP contribution in [0.5, 0.6) is 0 Å². The minimum Gasteiger partial charge on any atom is -0.372 e. The molecule has 5 rings (SSSR count). The van der Waals surface area contributed by atoms with Gasteiger partial charge in [0.05, 0.1) is 22.5 Å². The molecule has 0 aliphatic carbocycles. The first kappa shape index (κ1) is 28.7. The van der Waals surface area contributed by atoms with Gasteiger partial charge in [-0.15, -0.1) is 0 Å². The molecule has 3 aromatic rings. The largest absolute Gasteiger partial charge is 0.417 e. The van der Waals surface area contributed by atoms with Crippen LogP contribution < -0.4 is 21.1 Å². The molecule has 0 spiro atoms. The average Bonchev–Trinajstić information content (AvgIpc) is 3.46. The normalized spacial score (nSPS) is 20.1. The molecule has 0 radical (unpaired) electrons. The SMILES string of the molecule is C[C@@H]1CN(c2cc(F)c(-c3ccc(N4CCCC4)cc3)cc2-n2cc(C(N)=O)c(C(F)(F)F)cc2=O)C[C@H](C)N1C. The maximum atomic E-state index is 15.8. The van der Waals surface area contributed by atoms with Crippen LogP contribution >= 0.6 is 0 Å². The molecule has 0 unspecified atom stereocenters. The molecular formula is C30H33F4N5O2. The third-order valence-corrected chi connectivity index (χ3v) is 8.30. The molecule has 2 atom stereocenters. The number of alkyl halides is 3. The van der Waals surface area contributed by atoms with Crippen LogP contribution in [0.1, 0.15) is 42.6 Å². The fourth-order valence-electron chi connectivity index (χ4n) is 5.80. The highest BCUT2D eigenvalue weighted by Crippen LogP contribution is 2.37. The van der Waals surface area contributed by atoms with Gasteiger partial charge in [0.25, 0.3) is 11.5 Å². The Bertz CT molecular complexity index is 1500. The molecule has 2 saturated heterocycles. The molecule has 2 N–H and O–H groups in total. The van der Waals surface area contributed by atoms with Crippen molar-refractivity contribution >= 4 is 17.3 Å². The molecule has 0 bridgehead atoms. The number of anilines is 2. The summed E-state index contributed by atoms with van der Waals surface area (Å²) in [6.45, 7) is 6.93. The number of carbonyl (C=O) groups excluding carboxylic acids is 1. The Labute approximate surface area is 235 Å². The van der Waals surface area contributed by atoms with Gasteiger partial charge in [0.15, 0.2) is 0 Å². The van der Waals surface area contributed by atoms with Crippen LogP contribution in [0.3, 0.4) is 0 Å². The summed E-state index contributed by atoms with van der Waals surface area (Å²) in [7, 11) is 1.99. The van der Waals surface area contributed by atoms with Crippen LogP contribution in [-0.2, 0) is 6.18 Å². The fraction of sp³-hybridized carbons (Fsp3) is 0.400. The van der Waals surface area contributed by atoms with Gasteiger partial charge >= 0.3 is 6.18 Å². The number of nitrogens with two attached hydrogens (primary N) is 1. The topological polar surface area (TPSA) is 74.8 Å². The highest BCUT2D eigenvalue weighted by Gasteiger charge is 2.36. The van der Waals surface area contributed by atoms with E-state index in [1.54, 1.807) is 12.1 Å². The molecule has 2 aliphatic heterocycles. The van der Waals surface area contributed by atoms with Gasteiger partial charge in [-0.2, -0.15) is 13.2 Å². The van der Waals surface area contributed by atoms with E-state index in [-0.39, 0.29) is 23.3 Å². The van der Waals surface area contributed by atoms with Gasteiger partial charge in [0, 0.05) is 61.8 Å². The van der Waals surface area contributed by atoms with Crippen LogP contribution in [-0.4, -0.2) is 60.7 Å². The van der Waals surface area contributed by atoms with Crippen molar-refractivity contribution in [2.75, 3.05) is 43.0 Å². The van der Waals surface area contributed by atoms with Gasteiger partial charge in [-0.25, -0.2) is 4.39 Å². The second-order valence-electron chi connectivity index (χ2n) is 11.0. The minimum absolute atomic E-state index is 0.0815. The molecule has 11 heteroatoms. The van der Waals surface area contributed by atoms with Crippen LogP contribution in [0.15, 0.2) is 53.5 Å². The number of benzene rings is 2. The van der Waals surface area contributed by atoms with Gasteiger partial charge in [0.2, 0.25) is 0 Å². The Hall–Kier alpha value is -3.86. The number of hydrogen-bond donors (Lipinski definition) is 1. The first-order valence-electron chi connectivity index (χ1n) is 13.6. The summed E-state index contributed by atoms with van der Waals surface area (Å²) in [5.41, 5.74) is 4.30. The van der Waals surface area contributed by atoms with Crippen molar-refractivity contribution in [1.82, 2.24) is 9.47 Å². The zero-order chi connectivity index (χ0) is 29.6. The van der Waals surface area contributed by atoms with Crippen LogP contribution in [0.4, 0.5) is 28.9 Å². The first-order chi connectivity index (χ1) is 19.3. The van der Waals surface area contributed by atoms with Gasteiger partial charge in [0.1, 0.15) is 5.82 Å². The highest BCUT2D eigenvalue weighted by atomic mass is 19.4. The molecule has 2 fully saturated rings. The molecule has 218 valence electrons. The molecule has 7 nitrogen and oxygen atoms in total. The Morgan fingerprint density at radius 3 is 2.10 bits per heavy atom. The van der Waals surface area contributed by atoms with Crippen molar-refractivity contribution in [1.29, 1.82) is 0 Å². The lowest BCUT2D eigenvalue weighted by atomic mass is 10.0. The van der Waals surface area contributed by atoms with E-state index in [9.17, 15) is 22.8 Å². The second-order valence-corrected chi connectivity index (χ2v) is 11.0. The lowest BCUT2D eigenvalue weighted by molar-refractivity contribution is -0.138. The van der Waals surface area contributed by atoms with Gasteiger partial charge < -0.3 is 15.5 Å². The van der Waals surface area contributed by atoms with Crippen LogP contribution in [0, 0.1) is 5.82 Å². The Morgan fingerprint density at radius 2 is 1.54 bits per heavy atom. The maximum absolute atomic E-state index is 15.8. The minimum atomic E-state index is -4.96. The highest BCUT2D eigenvalue weighted by molar-refractivity contribution is 5.94. The quantitative estimate of drug-likeness (QED) is 0.442. The van der Waals surface area contributed by atoms with Crippen molar-refractivity contribution < 1.29 is 22.4 Å². The first-order valence-corrected chi connectivity index (χ1v) is 13.6. The van der Waals surface area contributed by atoms with E-state index in [0.29, 0.717) is 30.4 Å². The molecule has 41 heavy (non-hydrogen) atoms. The number of hydrogen-bond acceptors (Lipinski definition) is 5. The number of piperazine rings is 1. The molecule has 1 aromatic heterocycles. The number of aromatic nitrogens is 1. The van der Waals surface area contributed by atoms with E-state index >= 15 is 4.39 Å². The third kappa shape index (κ3) is 5.55. The van der Waals surface area contributed by atoms with E-state index in [2.05, 4.69) is 9.80 Å². The Balaban J connectivity index is 1.69. The number of primary amides is 1. The standard InChI is InChI=1S/C30H33F4N5O2/c1-18-15-38(16-19(2)36(18)3)26-14-25(31)22(20-6-8-21(9-7-20)37-10-4-5-11-37)12-27(26)39-17-23(29(35)41)24(13-28(39)40)30(32,33)34/h6-9,12-14,17-19H,4-5,10-11,15-16H2,1-3H3,(H2,35,41)/t18-,19+. The summed E-state index contributed by atoms with van der Waals surface area (Å²) >= 11 is 0. The van der Waals surface area contributed by atoms with E-state index < -0.39 is 34.6 Å². The number of carbonyl (C=O) groups is 1. The summed E-state index contributed by atoms with van der Waals surface area (Å²) in [5, 5.41) is 0. The molecule has 0 saturated carbocycles. The number of nitrogens with zero attached hydrogens (tertiary/aromatic N) is 4. The Morgan fingerprint density at radius 1 is 0.927 bits per heavy atom. The predicted molar refractivity (Wildman–Crippen MR) is 151 cm³/mol. The third-order valence-electron chi connectivity index (χ3n) is 8.30. The average molecular weight is 572 g/mol. The summed E-state index contributed by atoms with van der Waals surface area (Å²) in [6.07, 6.45) is -1.92. The molecule has 1 amide bonds. The number of halogens is 4. The maximum Gasteiger partial charge on any atom is 0.417 e. The summed E-state index contributed by atoms with van der Waals surface area (Å²) in [4.78, 5) is 31.6. The fourth-order valence-corrected chi connectivity index (χ4v) is 5.80. The van der Waals surface area contributed by atoms with Gasteiger partial charge in [-0.1, -0.05) is 12.1 Å². The van der Waals surface area contributed by atoms with E-state index in [1.807, 2.05) is 37.9 Å². The van der Waals surface area contributed by atoms with Gasteiger partial charge in [-0.3, -0.25) is 19.1 Å². The number of rotatable bonds is 5. The van der Waals surface area contributed by atoms with Crippen LogP contribution in [0.2, 0.25) is 0 Å². The monoisotopic (exact) mass is 571 g/mol. The molecular weight excluding hydrogens is 538 g/mol. The number of likely N-dealkylation sites (N-methyl/N-ethyl adjacent to an activating group) is 1. The molecule has 3 heterocycles. The van der Waals surface area contributed by atoms with Crippen molar-refractivity contribution in [3.8, 4) is 16.8 Å². The zero-order valence-corrected chi connectivity index (χ0v) is 23.2. The summed E-state index contributed by atoms with van der Waals surface area (Å²) < 4.78 is 57.8.